The molecule has 0 unspecified atom stereocenters. The standard InChI is InChI=1S/C21H17Cl2N5O2/c22-16-4-6-19(7-5-16)30-14-28-20(8-9-24-28)21(29)26-18-11-25-27(13-18)12-15-2-1-3-17(23)10-15/h1-11,13H,12,14H2,(H,26,29). The molecule has 2 heterocycles. The quantitative estimate of drug-likeness (QED) is 0.450. The molecule has 2 aromatic carbocycles. The van der Waals surface area contributed by atoms with Crippen molar-refractivity contribution in [2.75, 3.05) is 5.32 Å². The summed E-state index contributed by atoms with van der Waals surface area (Å²) in [4.78, 5) is 12.7. The molecule has 1 amide bonds. The number of nitrogens with zero attached hydrogens (tertiary/aromatic N) is 4. The molecule has 1 N–H and O–H groups in total. The van der Waals surface area contributed by atoms with Gasteiger partial charge >= 0.3 is 0 Å². The maximum absolute atomic E-state index is 12.7. The first-order valence-electron chi connectivity index (χ1n) is 9.05. The predicted molar refractivity (Wildman–Crippen MR) is 115 cm³/mol. The maximum Gasteiger partial charge on any atom is 0.274 e. The fourth-order valence-electron chi connectivity index (χ4n) is 2.83. The molecule has 0 fully saturated rings. The Labute approximate surface area is 182 Å². The number of benzene rings is 2. The monoisotopic (exact) mass is 441 g/mol. The van der Waals surface area contributed by atoms with Crippen LogP contribution < -0.4 is 10.1 Å². The lowest BCUT2D eigenvalue weighted by atomic mass is 10.2. The number of amides is 1. The molecule has 0 aliphatic rings. The number of anilines is 1. The number of hydrogen-bond donors (Lipinski definition) is 1. The zero-order valence-electron chi connectivity index (χ0n) is 15.7. The van der Waals surface area contributed by atoms with E-state index in [1.54, 1.807) is 53.6 Å². The van der Waals surface area contributed by atoms with E-state index in [1.807, 2.05) is 24.3 Å². The van der Waals surface area contributed by atoms with Crippen LogP contribution >= 0.6 is 23.2 Å². The van der Waals surface area contributed by atoms with E-state index in [1.165, 1.54) is 4.68 Å². The molecule has 2 aromatic heterocycles. The largest absolute Gasteiger partial charge is 0.471 e. The van der Waals surface area contributed by atoms with E-state index in [4.69, 9.17) is 27.9 Å². The molecule has 0 aliphatic heterocycles. The first kappa shape index (κ1) is 20.0. The lowest BCUT2D eigenvalue weighted by Gasteiger charge is -2.09. The Hall–Kier alpha value is -3.29. The number of rotatable bonds is 7. The first-order valence-corrected chi connectivity index (χ1v) is 9.81. The van der Waals surface area contributed by atoms with E-state index < -0.39 is 0 Å². The predicted octanol–water partition coefficient (Wildman–Crippen LogP) is 4.72. The average Bonchev–Trinajstić information content (AvgIpc) is 3.37. The molecule has 0 atom stereocenters. The van der Waals surface area contributed by atoms with Gasteiger partial charge in [0, 0.05) is 22.4 Å². The second-order valence-corrected chi connectivity index (χ2v) is 7.33. The Balaban J connectivity index is 1.38. The van der Waals surface area contributed by atoms with Crippen LogP contribution in [0.1, 0.15) is 16.1 Å². The summed E-state index contributed by atoms with van der Waals surface area (Å²) in [5.74, 6) is 0.318. The summed E-state index contributed by atoms with van der Waals surface area (Å²) in [6, 6.07) is 16.1. The highest BCUT2D eigenvalue weighted by Gasteiger charge is 2.14. The topological polar surface area (TPSA) is 74.0 Å². The second-order valence-electron chi connectivity index (χ2n) is 6.45. The van der Waals surface area contributed by atoms with Gasteiger partial charge in [0.1, 0.15) is 11.4 Å². The number of aromatic nitrogens is 4. The zero-order valence-corrected chi connectivity index (χ0v) is 17.2. The number of hydrogen-bond acceptors (Lipinski definition) is 4. The third kappa shape index (κ3) is 5.00. The van der Waals surface area contributed by atoms with Crippen LogP contribution in [0.3, 0.4) is 0 Å². The number of carbonyl (C=O) groups is 1. The normalized spacial score (nSPS) is 10.7. The van der Waals surface area contributed by atoms with Crippen molar-refractivity contribution in [3.8, 4) is 5.75 Å². The van der Waals surface area contributed by atoms with Crippen LogP contribution in [0.4, 0.5) is 5.69 Å². The first-order chi connectivity index (χ1) is 14.6. The third-order valence-electron chi connectivity index (χ3n) is 4.24. The Morgan fingerprint density at radius 3 is 2.67 bits per heavy atom. The van der Waals surface area contributed by atoms with Crippen molar-refractivity contribution in [1.29, 1.82) is 0 Å². The van der Waals surface area contributed by atoms with Gasteiger partial charge in [0.15, 0.2) is 6.73 Å². The van der Waals surface area contributed by atoms with Crippen molar-refractivity contribution in [1.82, 2.24) is 19.6 Å². The van der Waals surface area contributed by atoms with E-state index in [2.05, 4.69) is 15.5 Å². The summed E-state index contributed by atoms with van der Waals surface area (Å²) in [5.41, 5.74) is 1.96. The Kier molecular flexibility index (Phi) is 6.02. The molecular weight excluding hydrogens is 425 g/mol. The van der Waals surface area contributed by atoms with E-state index in [0.717, 1.165) is 5.56 Å². The molecule has 9 heteroatoms. The van der Waals surface area contributed by atoms with E-state index >= 15 is 0 Å². The van der Waals surface area contributed by atoms with Gasteiger partial charge in [-0.3, -0.25) is 9.48 Å². The molecule has 152 valence electrons. The summed E-state index contributed by atoms with van der Waals surface area (Å²) in [7, 11) is 0. The maximum atomic E-state index is 12.7. The third-order valence-corrected chi connectivity index (χ3v) is 4.73. The van der Waals surface area contributed by atoms with Crippen molar-refractivity contribution in [3.05, 3.63) is 94.5 Å². The van der Waals surface area contributed by atoms with Crippen LogP contribution in [0.5, 0.6) is 5.75 Å². The summed E-state index contributed by atoms with van der Waals surface area (Å²) >= 11 is 11.9. The fourth-order valence-corrected chi connectivity index (χ4v) is 3.17. The highest BCUT2D eigenvalue weighted by Crippen LogP contribution is 2.17. The Morgan fingerprint density at radius 2 is 1.87 bits per heavy atom. The summed E-state index contributed by atoms with van der Waals surface area (Å²) in [6.45, 7) is 0.634. The van der Waals surface area contributed by atoms with E-state index in [9.17, 15) is 4.79 Å². The van der Waals surface area contributed by atoms with Crippen LogP contribution in [0.2, 0.25) is 10.0 Å². The number of carbonyl (C=O) groups excluding carboxylic acids is 1. The summed E-state index contributed by atoms with van der Waals surface area (Å²) < 4.78 is 8.86. The van der Waals surface area contributed by atoms with Gasteiger partial charge in [0.25, 0.3) is 5.91 Å². The van der Waals surface area contributed by atoms with Crippen molar-refractivity contribution >= 4 is 34.8 Å². The fraction of sp³-hybridized carbons (Fsp3) is 0.0952. The molecular formula is C21H17Cl2N5O2. The Morgan fingerprint density at radius 1 is 1.03 bits per heavy atom. The summed E-state index contributed by atoms with van der Waals surface area (Å²) in [5, 5.41) is 12.6. The minimum absolute atomic E-state index is 0.0887. The van der Waals surface area contributed by atoms with E-state index in [0.29, 0.717) is 33.7 Å². The minimum Gasteiger partial charge on any atom is -0.471 e. The van der Waals surface area contributed by atoms with Crippen LogP contribution in [0.25, 0.3) is 0 Å². The minimum atomic E-state index is -0.311. The van der Waals surface area contributed by atoms with Crippen LogP contribution in [-0.2, 0) is 13.3 Å². The average molecular weight is 442 g/mol. The van der Waals surface area contributed by atoms with Crippen molar-refractivity contribution in [2.45, 2.75) is 13.3 Å². The Bertz CT molecular complexity index is 1150. The van der Waals surface area contributed by atoms with Gasteiger partial charge in [-0.05, 0) is 48.0 Å². The van der Waals surface area contributed by atoms with Gasteiger partial charge in [0.05, 0.1) is 18.4 Å². The van der Waals surface area contributed by atoms with Gasteiger partial charge in [-0.25, -0.2) is 4.68 Å². The highest BCUT2D eigenvalue weighted by atomic mass is 35.5. The zero-order chi connectivity index (χ0) is 20.9. The molecule has 4 aromatic rings. The number of ether oxygens (including phenoxy) is 1. The smallest absolute Gasteiger partial charge is 0.274 e. The van der Waals surface area contributed by atoms with Crippen molar-refractivity contribution in [2.24, 2.45) is 0 Å². The number of halogens is 2. The SMILES string of the molecule is O=C(Nc1cnn(Cc2cccc(Cl)c2)c1)c1ccnn1COc1ccc(Cl)cc1. The lowest BCUT2D eigenvalue weighted by Crippen LogP contribution is -2.19. The van der Waals surface area contributed by atoms with Gasteiger partial charge in [-0.1, -0.05) is 35.3 Å². The van der Waals surface area contributed by atoms with Gasteiger partial charge in [-0.15, -0.1) is 0 Å². The molecule has 0 spiro atoms. The molecule has 7 nitrogen and oxygen atoms in total. The number of nitrogens with one attached hydrogen (secondary N) is 1. The summed E-state index contributed by atoms with van der Waals surface area (Å²) in [6.07, 6.45) is 4.89. The van der Waals surface area contributed by atoms with Gasteiger partial charge in [-0.2, -0.15) is 10.2 Å². The highest BCUT2D eigenvalue weighted by molar-refractivity contribution is 6.30. The molecule has 0 radical (unpaired) electrons. The second kappa shape index (κ2) is 9.02. The van der Waals surface area contributed by atoms with Crippen LogP contribution in [0, 0.1) is 0 Å². The lowest BCUT2D eigenvalue weighted by molar-refractivity contribution is 0.100. The molecule has 0 saturated carbocycles. The van der Waals surface area contributed by atoms with Crippen LogP contribution in [-0.4, -0.2) is 25.5 Å². The molecule has 0 bridgehead atoms. The molecule has 0 saturated heterocycles. The molecule has 4 rings (SSSR count). The molecule has 0 aliphatic carbocycles. The van der Waals surface area contributed by atoms with Gasteiger partial charge in [0.2, 0.25) is 0 Å². The van der Waals surface area contributed by atoms with E-state index in [-0.39, 0.29) is 12.6 Å². The van der Waals surface area contributed by atoms with Crippen molar-refractivity contribution in [3.63, 3.8) is 0 Å². The van der Waals surface area contributed by atoms with Gasteiger partial charge < -0.3 is 10.1 Å². The van der Waals surface area contributed by atoms with Crippen molar-refractivity contribution < 1.29 is 9.53 Å². The van der Waals surface area contributed by atoms with Crippen LogP contribution in [0.15, 0.2) is 73.2 Å². The molecule has 30 heavy (non-hydrogen) atoms.